The Balaban J connectivity index is 2.05. The quantitative estimate of drug-likeness (QED) is 0.816. The normalized spacial score (nSPS) is 23.8. The zero-order chi connectivity index (χ0) is 12.3. The molecule has 1 aliphatic carbocycles. The number of rotatable bonds is 5. The summed E-state index contributed by atoms with van der Waals surface area (Å²) in [7, 11) is 2.06. The highest BCUT2D eigenvalue weighted by atomic mass is 14.8. The minimum absolute atomic E-state index is 0.750. The van der Waals surface area contributed by atoms with Gasteiger partial charge in [-0.2, -0.15) is 0 Å². The molecule has 0 aromatic heterocycles. The molecule has 0 saturated heterocycles. The summed E-state index contributed by atoms with van der Waals surface area (Å²) in [5, 5.41) is 3.32. The van der Waals surface area contributed by atoms with Crippen LogP contribution in [0.1, 0.15) is 43.7 Å². The minimum Gasteiger partial charge on any atom is -0.319 e. The Labute approximate surface area is 106 Å². The molecule has 1 nitrogen and oxygen atoms in total. The molecule has 0 radical (unpaired) electrons. The van der Waals surface area contributed by atoms with Crippen LogP contribution in [0.4, 0.5) is 0 Å². The Morgan fingerprint density at radius 2 is 2.12 bits per heavy atom. The van der Waals surface area contributed by atoms with E-state index < -0.39 is 0 Å². The SMILES string of the molecule is CNCC1CCC1c1cccc(CC(C)C)c1. The van der Waals surface area contributed by atoms with E-state index in [0.717, 1.165) is 17.8 Å². The van der Waals surface area contributed by atoms with Gasteiger partial charge in [0.1, 0.15) is 0 Å². The predicted molar refractivity (Wildman–Crippen MR) is 74.4 cm³/mol. The van der Waals surface area contributed by atoms with Crippen molar-refractivity contribution in [3.8, 4) is 0 Å². The highest BCUT2D eigenvalue weighted by Gasteiger charge is 2.31. The van der Waals surface area contributed by atoms with E-state index in [-0.39, 0.29) is 0 Å². The van der Waals surface area contributed by atoms with Crippen molar-refractivity contribution in [3.63, 3.8) is 0 Å². The van der Waals surface area contributed by atoms with Crippen LogP contribution in [0.25, 0.3) is 0 Å². The summed E-state index contributed by atoms with van der Waals surface area (Å²) < 4.78 is 0. The Morgan fingerprint density at radius 3 is 2.71 bits per heavy atom. The first kappa shape index (κ1) is 12.6. The molecule has 0 spiro atoms. The molecule has 1 aliphatic rings. The lowest BCUT2D eigenvalue weighted by atomic mass is 9.69. The van der Waals surface area contributed by atoms with Gasteiger partial charge in [-0.25, -0.2) is 0 Å². The van der Waals surface area contributed by atoms with Gasteiger partial charge in [0.15, 0.2) is 0 Å². The molecule has 0 amide bonds. The van der Waals surface area contributed by atoms with E-state index in [2.05, 4.69) is 50.5 Å². The van der Waals surface area contributed by atoms with Gasteiger partial charge in [-0.1, -0.05) is 38.1 Å². The molecule has 2 atom stereocenters. The third kappa shape index (κ3) is 3.10. The first-order valence-corrected chi connectivity index (χ1v) is 6.94. The van der Waals surface area contributed by atoms with Gasteiger partial charge >= 0.3 is 0 Å². The molecule has 1 aromatic rings. The molecule has 17 heavy (non-hydrogen) atoms. The highest BCUT2D eigenvalue weighted by molar-refractivity contribution is 5.28. The van der Waals surface area contributed by atoms with Crippen molar-refractivity contribution < 1.29 is 0 Å². The van der Waals surface area contributed by atoms with E-state index >= 15 is 0 Å². The molecule has 0 aliphatic heterocycles. The Bertz CT molecular complexity index is 356. The van der Waals surface area contributed by atoms with E-state index in [1.54, 1.807) is 5.56 Å². The molecule has 2 rings (SSSR count). The lowest BCUT2D eigenvalue weighted by molar-refractivity contribution is 0.250. The fourth-order valence-corrected chi connectivity index (χ4v) is 2.94. The van der Waals surface area contributed by atoms with E-state index in [1.165, 1.54) is 31.4 Å². The second-order valence-corrected chi connectivity index (χ2v) is 5.84. The molecule has 94 valence electrons. The van der Waals surface area contributed by atoms with Crippen LogP contribution in [0.2, 0.25) is 0 Å². The second kappa shape index (κ2) is 5.68. The second-order valence-electron chi connectivity index (χ2n) is 5.84. The molecular formula is C16H25N. The van der Waals surface area contributed by atoms with Crippen LogP contribution in [0.3, 0.4) is 0 Å². The van der Waals surface area contributed by atoms with Crippen molar-refractivity contribution in [2.24, 2.45) is 11.8 Å². The largest absolute Gasteiger partial charge is 0.319 e. The van der Waals surface area contributed by atoms with Crippen LogP contribution in [0.5, 0.6) is 0 Å². The van der Waals surface area contributed by atoms with E-state index in [9.17, 15) is 0 Å². The van der Waals surface area contributed by atoms with Gasteiger partial charge in [0.25, 0.3) is 0 Å². The van der Waals surface area contributed by atoms with Gasteiger partial charge in [-0.15, -0.1) is 0 Å². The van der Waals surface area contributed by atoms with Crippen LogP contribution < -0.4 is 5.32 Å². The summed E-state index contributed by atoms with van der Waals surface area (Å²) in [4.78, 5) is 0. The summed E-state index contributed by atoms with van der Waals surface area (Å²) in [5.74, 6) is 2.41. The summed E-state index contributed by atoms with van der Waals surface area (Å²) in [6.45, 7) is 5.75. The van der Waals surface area contributed by atoms with Gasteiger partial charge in [0, 0.05) is 0 Å². The van der Waals surface area contributed by atoms with Gasteiger partial charge in [-0.05, 0) is 61.7 Å². The lowest BCUT2D eigenvalue weighted by Gasteiger charge is -2.37. The Morgan fingerprint density at radius 1 is 1.29 bits per heavy atom. The summed E-state index contributed by atoms with van der Waals surface area (Å²) >= 11 is 0. The standard InChI is InChI=1S/C16H25N/c1-12(2)9-13-5-4-6-14(10-13)16-8-7-15(16)11-17-3/h4-6,10,12,15-17H,7-9,11H2,1-3H3. The maximum atomic E-state index is 3.32. The first-order valence-electron chi connectivity index (χ1n) is 6.94. The molecule has 0 heterocycles. The zero-order valence-electron chi connectivity index (χ0n) is 11.4. The van der Waals surface area contributed by atoms with E-state index in [4.69, 9.17) is 0 Å². The molecule has 2 unspecified atom stereocenters. The summed E-state index contributed by atoms with van der Waals surface area (Å²) in [6.07, 6.45) is 3.97. The van der Waals surface area contributed by atoms with Gasteiger partial charge in [0.05, 0.1) is 0 Å². The number of hydrogen-bond acceptors (Lipinski definition) is 1. The van der Waals surface area contributed by atoms with Crippen LogP contribution >= 0.6 is 0 Å². The molecule has 1 fully saturated rings. The van der Waals surface area contributed by atoms with Crippen molar-refractivity contribution in [2.75, 3.05) is 13.6 Å². The van der Waals surface area contributed by atoms with Gasteiger partial charge in [0.2, 0.25) is 0 Å². The monoisotopic (exact) mass is 231 g/mol. The van der Waals surface area contributed by atoms with Crippen LogP contribution in [0.15, 0.2) is 24.3 Å². The van der Waals surface area contributed by atoms with Gasteiger partial charge < -0.3 is 5.32 Å². The van der Waals surface area contributed by atoms with Crippen LogP contribution in [-0.4, -0.2) is 13.6 Å². The van der Waals surface area contributed by atoms with Crippen molar-refractivity contribution in [2.45, 2.75) is 39.0 Å². The Hall–Kier alpha value is -0.820. The molecule has 1 N–H and O–H groups in total. The third-order valence-electron chi connectivity index (χ3n) is 3.91. The molecular weight excluding hydrogens is 206 g/mol. The topological polar surface area (TPSA) is 12.0 Å². The first-order chi connectivity index (χ1) is 8.20. The van der Waals surface area contributed by atoms with Crippen molar-refractivity contribution in [1.29, 1.82) is 0 Å². The smallest absolute Gasteiger partial charge is 0.00177 e. The van der Waals surface area contributed by atoms with Gasteiger partial charge in [-0.3, -0.25) is 0 Å². The predicted octanol–water partition coefficient (Wildman–Crippen LogP) is 3.60. The lowest BCUT2D eigenvalue weighted by Crippen LogP contribution is -2.32. The fraction of sp³-hybridized carbons (Fsp3) is 0.625. The zero-order valence-corrected chi connectivity index (χ0v) is 11.4. The van der Waals surface area contributed by atoms with Crippen LogP contribution in [-0.2, 0) is 6.42 Å². The molecule has 1 saturated carbocycles. The average molecular weight is 231 g/mol. The number of hydrogen-bond donors (Lipinski definition) is 1. The highest BCUT2D eigenvalue weighted by Crippen LogP contribution is 2.42. The minimum atomic E-state index is 0.750. The maximum absolute atomic E-state index is 3.32. The molecule has 0 bridgehead atoms. The van der Waals surface area contributed by atoms with E-state index in [0.29, 0.717) is 0 Å². The van der Waals surface area contributed by atoms with Crippen molar-refractivity contribution in [3.05, 3.63) is 35.4 Å². The summed E-state index contributed by atoms with van der Waals surface area (Å²) in [6, 6.07) is 9.26. The Kier molecular flexibility index (Phi) is 4.22. The van der Waals surface area contributed by atoms with Crippen molar-refractivity contribution >= 4 is 0 Å². The average Bonchev–Trinajstić information content (AvgIpc) is 2.24. The van der Waals surface area contributed by atoms with Crippen LogP contribution in [0, 0.1) is 11.8 Å². The molecule has 1 aromatic carbocycles. The summed E-state index contributed by atoms with van der Waals surface area (Å²) in [5.41, 5.74) is 3.07. The number of benzene rings is 1. The van der Waals surface area contributed by atoms with Crippen molar-refractivity contribution in [1.82, 2.24) is 5.32 Å². The maximum Gasteiger partial charge on any atom is -0.00177 e. The van der Waals surface area contributed by atoms with E-state index in [1.807, 2.05) is 0 Å². The third-order valence-corrected chi connectivity index (χ3v) is 3.91. The fourth-order valence-electron chi connectivity index (χ4n) is 2.94. The molecule has 1 heteroatoms. The number of nitrogens with one attached hydrogen (secondary N) is 1.